The fraction of sp³-hybridized carbons (Fsp3) is 0.450. The summed E-state index contributed by atoms with van der Waals surface area (Å²) in [6.07, 6.45) is 4.81. The molecular weight excluding hydrogens is 358 g/mol. The molecule has 7 heteroatoms. The van der Waals surface area contributed by atoms with Crippen molar-refractivity contribution in [2.75, 3.05) is 23.7 Å². The van der Waals surface area contributed by atoms with Crippen LogP contribution in [0.4, 0.5) is 5.95 Å². The van der Waals surface area contributed by atoms with Crippen LogP contribution in [0.3, 0.4) is 0 Å². The van der Waals surface area contributed by atoms with Crippen LogP contribution < -0.4 is 4.90 Å². The number of hydrogen-bond donors (Lipinski definition) is 1. The van der Waals surface area contributed by atoms with Crippen molar-refractivity contribution in [3.05, 3.63) is 35.5 Å². The van der Waals surface area contributed by atoms with Gasteiger partial charge in [0.25, 0.3) is 0 Å². The molecule has 0 spiro atoms. The number of fused-ring (bicyclic) bond motifs is 1. The van der Waals surface area contributed by atoms with Gasteiger partial charge in [0.1, 0.15) is 0 Å². The fourth-order valence-corrected chi connectivity index (χ4v) is 4.86. The topological polar surface area (TPSA) is 66.8 Å². The Labute approximate surface area is 162 Å². The average molecular weight is 382 g/mol. The van der Waals surface area contributed by atoms with Crippen LogP contribution in [0.2, 0.25) is 0 Å². The molecule has 6 nitrogen and oxygen atoms in total. The number of aromatic amines is 1. The van der Waals surface area contributed by atoms with E-state index in [9.17, 15) is 4.79 Å². The summed E-state index contributed by atoms with van der Waals surface area (Å²) in [6.45, 7) is 4.09. The van der Waals surface area contributed by atoms with E-state index in [1.165, 1.54) is 37.4 Å². The minimum atomic E-state index is 0.142. The van der Waals surface area contributed by atoms with Gasteiger partial charge in [-0.05, 0) is 38.7 Å². The summed E-state index contributed by atoms with van der Waals surface area (Å²) < 4.78 is 2.27. The molecule has 1 aromatic carbocycles. The van der Waals surface area contributed by atoms with Crippen LogP contribution in [-0.4, -0.2) is 44.4 Å². The molecule has 0 unspecified atom stereocenters. The van der Waals surface area contributed by atoms with Crippen molar-refractivity contribution in [2.24, 2.45) is 0 Å². The molecule has 0 atom stereocenters. The Balaban J connectivity index is 1.38. The van der Waals surface area contributed by atoms with Crippen LogP contribution in [0, 0.1) is 6.92 Å². The lowest BCUT2D eigenvalue weighted by Gasteiger charge is -2.17. The zero-order valence-electron chi connectivity index (χ0n) is 15.4. The summed E-state index contributed by atoms with van der Waals surface area (Å²) in [4.78, 5) is 18.6. The number of Topliss-reactive ketones (excluding diaryl/α,β-unsaturated/α-hetero) is 1. The molecule has 3 aromatic rings. The highest BCUT2D eigenvalue weighted by Gasteiger charge is 2.32. The van der Waals surface area contributed by atoms with Gasteiger partial charge in [-0.1, -0.05) is 30.0 Å². The van der Waals surface area contributed by atoms with Crippen molar-refractivity contribution < 1.29 is 4.79 Å². The summed E-state index contributed by atoms with van der Waals surface area (Å²) >= 11 is 1.52. The highest BCUT2D eigenvalue weighted by atomic mass is 32.2. The Morgan fingerprint density at radius 1 is 1.22 bits per heavy atom. The standard InChI is InChI=1S/C20H23N5OS/c1-13-18(15-6-2-3-7-16(15)21-13)17(26)12-27-20-23-22-19(24-10-4-5-11-24)25(20)14-8-9-14/h2-3,6-7,14,21H,4-5,8-12H2,1H3. The molecule has 1 aliphatic heterocycles. The lowest BCUT2D eigenvalue weighted by molar-refractivity contribution is 0.102. The van der Waals surface area contributed by atoms with Crippen molar-refractivity contribution >= 4 is 34.4 Å². The zero-order valence-corrected chi connectivity index (χ0v) is 16.3. The van der Waals surface area contributed by atoms with Gasteiger partial charge in [0.15, 0.2) is 10.9 Å². The number of rotatable bonds is 6. The predicted octanol–water partition coefficient (Wildman–Crippen LogP) is 3.98. The molecule has 27 heavy (non-hydrogen) atoms. The molecule has 1 aliphatic carbocycles. The number of nitrogens with zero attached hydrogens (tertiary/aromatic N) is 4. The quantitative estimate of drug-likeness (QED) is 0.517. The number of H-pyrrole nitrogens is 1. The van der Waals surface area contributed by atoms with Gasteiger partial charge in [0.05, 0.1) is 5.75 Å². The van der Waals surface area contributed by atoms with Crippen molar-refractivity contribution in [3.63, 3.8) is 0 Å². The average Bonchev–Trinajstić information content (AvgIpc) is 3.09. The van der Waals surface area contributed by atoms with Crippen LogP contribution in [0.25, 0.3) is 10.9 Å². The summed E-state index contributed by atoms with van der Waals surface area (Å²) in [5.74, 6) is 1.52. The van der Waals surface area contributed by atoms with E-state index in [1.54, 1.807) is 0 Å². The van der Waals surface area contributed by atoms with Gasteiger partial charge < -0.3 is 9.88 Å². The molecule has 3 heterocycles. The van der Waals surface area contributed by atoms with Crippen LogP contribution in [-0.2, 0) is 0 Å². The third kappa shape index (κ3) is 3.04. The predicted molar refractivity (Wildman–Crippen MR) is 108 cm³/mol. The first kappa shape index (κ1) is 16.9. The molecule has 2 aromatic heterocycles. The largest absolute Gasteiger partial charge is 0.358 e. The first-order chi connectivity index (χ1) is 13.2. The number of thioether (sulfide) groups is 1. The van der Waals surface area contributed by atoms with Crippen molar-refractivity contribution in [3.8, 4) is 0 Å². The SMILES string of the molecule is Cc1[nH]c2ccccc2c1C(=O)CSc1nnc(N2CCCC2)n1C1CC1. The number of anilines is 1. The first-order valence-electron chi connectivity index (χ1n) is 9.65. The third-order valence-corrected chi connectivity index (χ3v) is 6.40. The van der Waals surface area contributed by atoms with E-state index >= 15 is 0 Å². The van der Waals surface area contributed by atoms with Crippen LogP contribution >= 0.6 is 11.8 Å². The normalized spacial score (nSPS) is 17.1. The van der Waals surface area contributed by atoms with E-state index in [2.05, 4.69) is 24.6 Å². The third-order valence-electron chi connectivity index (χ3n) is 5.45. The van der Waals surface area contributed by atoms with Gasteiger partial charge in [-0.25, -0.2) is 0 Å². The summed E-state index contributed by atoms with van der Waals surface area (Å²) in [6, 6.07) is 8.49. The van der Waals surface area contributed by atoms with Gasteiger partial charge in [-0.2, -0.15) is 0 Å². The number of benzene rings is 1. The fourth-order valence-electron chi connectivity index (χ4n) is 3.99. The molecule has 1 saturated heterocycles. The van der Waals surface area contributed by atoms with E-state index in [0.717, 1.165) is 46.4 Å². The second-order valence-electron chi connectivity index (χ2n) is 7.46. The first-order valence-corrected chi connectivity index (χ1v) is 10.6. The lowest BCUT2D eigenvalue weighted by Crippen LogP contribution is -2.22. The minimum Gasteiger partial charge on any atom is -0.358 e. The number of para-hydroxylation sites is 1. The van der Waals surface area contributed by atoms with E-state index < -0.39 is 0 Å². The Morgan fingerprint density at radius 3 is 2.78 bits per heavy atom. The maximum absolute atomic E-state index is 13.0. The Hall–Kier alpha value is -2.28. The molecule has 1 N–H and O–H groups in total. The zero-order chi connectivity index (χ0) is 18.4. The van der Waals surface area contributed by atoms with E-state index in [4.69, 9.17) is 0 Å². The van der Waals surface area contributed by atoms with Crippen LogP contribution in [0.5, 0.6) is 0 Å². The molecule has 0 bridgehead atoms. The van der Waals surface area contributed by atoms with E-state index in [1.807, 2.05) is 31.2 Å². The summed E-state index contributed by atoms with van der Waals surface area (Å²) in [5.41, 5.74) is 2.75. The number of carbonyl (C=O) groups is 1. The van der Waals surface area contributed by atoms with Crippen molar-refractivity contribution in [1.29, 1.82) is 0 Å². The van der Waals surface area contributed by atoms with Crippen molar-refractivity contribution in [2.45, 2.75) is 43.8 Å². The minimum absolute atomic E-state index is 0.142. The van der Waals surface area contributed by atoms with Gasteiger partial charge in [-0.3, -0.25) is 9.36 Å². The van der Waals surface area contributed by atoms with Gasteiger partial charge in [0.2, 0.25) is 5.95 Å². The van der Waals surface area contributed by atoms with Crippen LogP contribution in [0.1, 0.15) is 47.8 Å². The van der Waals surface area contributed by atoms with Crippen LogP contribution in [0.15, 0.2) is 29.4 Å². The van der Waals surface area contributed by atoms with Gasteiger partial charge >= 0.3 is 0 Å². The molecule has 140 valence electrons. The number of aryl methyl sites for hydroxylation is 1. The molecule has 2 fully saturated rings. The highest BCUT2D eigenvalue weighted by molar-refractivity contribution is 7.99. The Morgan fingerprint density at radius 2 is 2.00 bits per heavy atom. The second kappa shape index (κ2) is 6.71. The smallest absolute Gasteiger partial charge is 0.228 e. The maximum atomic E-state index is 13.0. The monoisotopic (exact) mass is 381 g/mol. The number of ketones is 1. The number of nitrogens with one attached hydrogen (secondary N) is 1. The number of aromatic nitrogens is 4. The molecule has 0 amide bonds. The Kier molecular flexibility index (Phi) is 4.19. The Bertz CT molecular complexity index is 997. The van der Waals surface area contributed by atoms with E-state index in [0.29, 0.717) is 11.8 Å². The molecular formula is C20H23N5OS. The van der Waals surface area contributed by atoms with Crippen molar-refractivity contribution in [1.82, 2.24) is 19.7 Å². The van der Waals surface area contributed by atoms with Gasteiger partial charge in [-0.15, -0.1) is 10.2 Å². The van der Waals surface area contributed by atoms with Gasteiger partial charge in [0, 0.05) is 41.3 Å². The second-order valence-corrected chi connectivity index (χ2v) is 8.40. The maximum Gasteiger partial charge on any atom is 0.228 e. The molecule has 1 saturated carbocycles. The molecule has 0 radical (unpaired) electrons. The number of carbonyl (C=O) groups excluding carboxylic acids is 1. The van der Waals surface area contributed by atoms with E-state index in [-0.39, 0.29) is 5.78 Å². The number of hydrogen-bond acceptors (Lipinski definition) is 5. The summed E-state index contributed by atoms with van der Waals surface area (Å²) in [5, 5.41) is 10.8. The highest BCUT2D eigenvalue weighted by Crippen LogP contribution is 2.41. The lowest BCUT2D eigenvalue weighted by atomic mass is 10.1. The molecule has 5 rings (SSSR count). The molecule has 2 aliphatic rings. The summed E-state index contributed by atoms with van der Waals surface area (Å²) in [7, 11) is 0.